The summed E-state index contributed by atoms with van der Waals surface area (Å²) in [4.78, 5) is 11.8. The van der Waals surface area contributed by atoms with Gasteiger partial charge in [-0.3, -0.25) is 10.1 Å². The fraction of sp³-hybridized carbons (Fsp3) is 0.143. The fourth-order valence-corrected chi connectivity index (χ4v) is 2.32. The van der Waals surface area contributed by atoms with E-state index in [1.807, 2.05) is 36.6 Å². The summed E-state index contributed by atoms with van der Waals surface area (Å²) in [5.41, 5.74) is 2.03. The molecule has 0 amide bonds. The number of hydrogen-bond donors (Lipinski definition) is 0. The van der Waals surface area contributed by atoms with Crippen LogP contribution in [0.4, 0.5) is 5.69 Å². The normalized spacial score (nSPS) is 10.3. The van der Waals surface area contributed by atoms with Gasteiger partial charge in [0.25, 0.3) is 5.69 Å². The van der Waals surface area contributed by atoms with E-state index in [1.165, 1.54) is 4.90 Å². The van der Waals surface area contributed by atoms with Crippen LogP contribution in [0.3, 0.4) is 0 Å². The second kappa shape index (κ2) is 5.69. The molecular formula is C14H13NO2S. The lowest BCUT2D eigenvalue weighted by Gasteiger charge is -2.04. The van der Waals surface area contributed by atoms with Crippen LogP contribution < -0.4 is 0 Å². The average molecular weight is 259 g/mol. The van der Waals surface area contributed by atoms with E-state index in [1.54, 1.807) is 23.9 Å². The van der Waals surface area contributed by atoms with Crippen LogP contribution in [0.5, 0.6) is 0 Å². The number of thioether (sulfide) groups is 1. The van der Waals surface area contributed by atoms with Crippen LogP contribution in [-0.2, 0) is 6.42 Å². The molecule has 0 heterocycles. The molecule has 0 unspecified atom stereocenters. The highest BCUT2D eigenvalue weighted by molar-refractivity contribution is 7.98. The van der Waals surface area contributed by atoms with Crippen molar-refractivity contribution in [2.45, 2.75) is 11.3 Å². The van der Waals surface area contributed by atoms with Crippen molar-refractivity contribution < 1.29 is 4.92 Å². The van der Waals surface area contributed by atoms with Gasteiger partial charge in [-0.25, -0.2) is 0 Å². The van der Waals surface area contributed by atoms with Gasteiger partial charge in [0, 0.05) is 22.9 Å². The molecule has 0 saturated carbocycles. The first-order chi connectivity index (χ1) is 8.70. The quantitative estimate of drug-likeness (QED) is 0.475. The molecule has 92 valence electrons. The summed E-state index contributed by atoms with van der Waals surface area (Å²) in [5.74, 6) is 0. The zero-order chi connectivity index (χ0) is 13.0. The Morgan fingerprint density at radius 3 is 2.67 bits per heavy atom. The molecule has 2 rings (SSSR count). The van der Waals surface area contributed by atoms with E-state index in [0.717, 1.165) is 11.1 Å². The summed E-state index contributed by atoms with van der Waals surface area (Å²) >= 11 is 1.67. The molecule has 3 nitrogen and oxygen atoms in total. The first kappa shape index (κ1) is 12.6. The Hall–Kier alpha value is -1.81. The van der Waals surface area contributed by atoms with Crippen LogP contribution >= 0.6 is 11.8 Å². The number of benzene rings is 2. The first-order valence-electron chi connectivity index (χ1n) is 5.56. The Kier molecular flexibility index (Phi) is 3.99. The Labute approximate surface area is 110 Å². The predicted molar refractivity (Wildman–Crippen MR) is 74.1 cm³/mol. The van der Waals surface area contributed by atoms with Crippen molar-refractivity contribution in [3.8, 4) is 0 Å². The van der Waals surface area contributed by atoms with Gasteiger partial charge in [-0.15, -0.1) is 11.8 Å². The summed E-state index contributed by atoms with van der Waals surface area (Å²) in [7, 11) is 0. The van der Waals surface area contributed by atoms with Crippen LogP contribution in [0.1, 0.15) is 11.1 Å². The maximum Gasteiger partial charge on any atom is 0.272 e. The zero-order valence-corrected chi connectivity index (χ0v) is 10.8. The lowest BCUT2D eigenvalue weighted by atomic mass is 10.0. The number of nitro groups is 1. The van der Waals surface area contributed by atoms with Gasteiger partial charge >= 0.3 is 0 Å². The van der Waals surface area contributed by atoms with E-state index < -0.39 is 0 Å². The van der Waals surface area contributed by atoms with Crippen molar-refractivity contribution in [1.29, 1.82) is 0 Å². The van der Waals surface area contributed by atoms with Gasteiger partial charge in [-0.2, -0.15) is 0 Å². The van der Waals surface area contributed by atoms with E-state index in [4.69, 9.17) is 0 Å². The Morgan fingerprint density at radius 2 is 1.94 bits per heavy atom. The number of nitrogens with zero attached hydrogens (tertiary/aromatic N) is 1. The number of rotatable bonds is 4. The highest BCUT2D eigenvalue weighted by Crippen LogP contribution is 2.23. The highest BCUT2D eigenvalue weighted by Gasteiger charge is 2.12. The largest absolute Gasteiger partial charge is 0.272 e. The van der Waals surface area contributed by atoms with E-state index in [0.29, 0.717) is 6.42 Å². The number of para-hydroxylation sites is 1. The van der Waals surface area contributed by atoms with Gasteiger partial charge in [0.05, 0.1) is 4.92 Å². The molecule has 0 aliphatic carbocycles. The minimum atomic E-state index is -0.326. The standard InChI is InChI=1S/C14H13NO2S/c1-18-13-7-4-5-11(10-13)9-12-6-2-3-8-14(12)15(16)17/h2-8,10H,9H2,1H3. The van der Waals surface area contributed by atoms with Gasteiger partial charge in [0.15, 0.2) is 0 Å². The SMILES string of the molecule is CSc1cccc(Cc2ccccc2[N+](=O)[O-])c1. The first-order valence-corrected chi connectivity index (χ1v) is 6.78. The highest BCUT2D eigenvalue weighted by atomic mass is 32.2. The molecule has 18 heavy (non-hydrogen) atoms. The molecular weight excluding hydrogens is 246 g/mol. The van der Waals surface area contributed by atoms with Crippen LogP contribution in [0.15, 0.2) is 53.4 Å². The molecule has 0 bridgehead atoms. The molecule has 2 aromatic rings. The van der Waals surface area contributed by atoms with Crippen molar-refractivity contribution in [1.82, 2.24) is 0 Å². The van der Waals surface area contributed by atoms with E-state index in [-0.39, 0.29) is 10.6 Å². The molecule has 0 spiro atoms. The second-order valence-corrected chi connectivity index (χ2v) is 4.79. The maximum absolute atomic E-state index is 10.9. The molecule has 0 aliphatic rings. The molecule has 0 aromatic heterocycles. The third-order valence-electron chi connectivity index (χ3n) is 2.72. The van der Waals surface area contributed by atoms with Gasteiger partial charge in [0.2, 0.25) is 0 Å². The summed E-state index contributed by atoms with van der Waals surface area (Å²) in [6.45, 7) is 0. The van der Waals surface area contributed by atoms with Gasteiger partial charge in [-0.1, -0.05) is 30.3 Å². The third-order valence-corrected chi connectivity index (χ3v) is 3.44. The van der Waals surface area contributed by atoms with E-state index in [2.05, 4.69) is 6.07 Å². The van der Waals surface area contributed by atoms with Gasteiger partial charge in [-0.05, 0) is 24.0 Å². The smallest absolute Gasteiger partial charge is 0.258 e. The zero-order valence-electron chi connectivity index (χ0n) is 10.00. The molecule has 0 N–H and O–H groups in total. The Morgan fingerprint density at radius 1 is 1.17 bits per heavy atom. The second-order valence-electron chi connectivity index (χ2n) is 3.91. The van der Waals surface area contributed by atoms with E-state index in [9.17, 15) is 10.1 Å². The van der Waals surface area contributed by atoms with Crippen molar-refractivity contribution in [2.24, 2.45) is 0 Å². The van der Waals surface area contributed by atoms with E-state index >= 15 is 0 Å². The molecule has 0 atom stereocenters. The summed E-state index contributed by atoms with van der Waals surface area (Å²) in [5, 5.41) is 10.9. The van der Waals surface area contributed by atoms with Gasteiger partial charge < -0.3 is 0 Å². The number of hydrogen-bond acceptors (Lipinski definition) is 3. The molecule has 0 radical (unpaired) electrons. The molecule has 0 fully saturated rings. The molecule has 0 saturated heterocycles. The minimum absolute atomic E-state index is 0.187. The Bertz CT molecular complexity index is 569. The van der Waals surface area contributed by atoms with Crippen molar-refractivity contribution in [2.75, 3.05) is 6.26 Å². The lowest BCUT2D eigenvalue weighted by molar-refractivity contribution is -0.385. The molecule has 2 aromatic carbocycles. The van der Waals surface area contributed by atoms with Crippen LogP contribution in [0.2, 0.25) is 0 Å². The van der Waals surface area contributed by atoms with Crippen LogP contribution in [0, 0.1) is 10.1 Å². The van der Waals surface area contributed by atoms with Crippen LogP contribution in [-0.4, -0.2) is 11.2 Å². The fourth-order valence-electron chi connectivity index (χ4n) is 1.84. The lowest BCUT2D eigenvalue weighted by Crippen LogP contribution is -1.96. The Balaban J connectivity index is 2.31. The monoisotopic (exact) mass is 259 g/mol. The van der Waals surface area contributed by atoms with Crippen molar-refractivity contribution in [3.05, 3.63) is 69.8 Å². The number of nitro benzene ring substituents is 1. The predicted octanol–water partition coefficient (Wildman–Crippen LogP) is 3.91. The average Bonchev–Trinajstić information content (AvgIpc) is 2.39. The minimum Gasteiger partial charge on any atom is -0.258 e. The summed E-state index contributed by atoms with van der Waals surface area (Å²) in [6, 6.07) is 15.0. The summed E-state index contributed by atoms with van der Waals surface area (Å²) < 4.78 is 0. The van der Waals surface area contributed by atoms with Crippen molar-refractivity contribution in [3.63, 3.8) is 0 Å². The maximum atomic E-state index is 10.9. The summed E-state index contributed by atoms with van der Waals surface area (Å²) in [6.07, 6.45) is 2.61. The third kappa shape index (κ3) is 2.90. The van der Waals surface area contributed by atoms with Crippen molar-refractivity contribution >= 4 is 17.4 Å². The molecule has 0 aliphatic heterocycles. The molecule has 4 heteroatoms. The van der Waals surface area contributed by atoms with Crippen LogP contribution in [0.25, 0.3) is 0 Å². The topological polar surface area (TPSA) is 43.1 Å². The van der Waals surface area contributed by atoms with Gasteiger partial charge in [0.1, 0.15) is 0 Å².